The number of rotatable bonds is 4. The number of hydrogen-bond acceptors (Lipinski definition) is 2. The molecule has 0 saturated heterocycles. The second kappa shape index (κ2) is 5.62. The maximum Gasteiger partial charge on any atom is 0.129 e. The summed E-state index contributed by atoms with van der Waals surface area (Å²) in [4.78, 5) is 2.17. The molecule has 0 unspecified atom stereocenters. The van der Waals surface area contributed by atoms with Gasteiger partial charge in [0.05, 0.1) is 11.6 Å². The van der Waals surface area contributed by atoms with Crippen LogP contribution in [0.3, 0.4) is 0 Å². The fourth-order valence-corrected chi connectivity index (χ4v) is 1.62. The summed E-state index contributed by atoms with van der Waals surface area (Å²) in [6.07, 6.45) is 0. The summed E-state index contributed by atoms with van der Waals surface area (Å²) < 4.78 is 13.6. The van der Waals surface area contributed by atoms with Crippen LogP contribution in [-0.4, -0.2) is 17.5 Å². The number of nitriles is 1. The Labute approximate surface area is 96.3 Å². The normalized spacial score (nSPS) is 10.8. The fraction of sp³-hybridized carbons (Fsp3) is 0.462. The predicted octanol–water partition coefficient (Wildman–Crippen LogP) is 2.93. The molecular weight excluding hydrogens is 203 g/mol. The maximum absolute atomic E-state index is 13.6. The van der Waals surface area contributed by atoms with E-state index in [9.17, 15) is 4.39 Å². The van der Waals surface area contributed by atoms with Gasteiger partial charge in [-0.05, 0) is 32.5 Å². The fourth-order valence-electron chi connectivity index (χ4n) is 1.62. The topological polar surface area (TPSA) is 27.0 Å². The van der Waals surface area contributed by atoms with Crippen molar-refractivity contribution in [2.75, 3.05) is 6.54 Å². The quantitative estimate of drug-likeness (QED) is 0.780. The van der Waals surface area contributed by atoms with Gasteiger partial charge in [0.15, 0.2) is 0 Å². The summed E-state index contributed by atoms with van der Waals surface area (Å²) in [6.45, 7) is 7.71. The number of halogens is 1. The highest BCUT2D eigenvalue weighted by Gasteiger charge is 2.11. The average molecular weight is 220 g/mol. The van der Waals surface area contributed by atoms with E-state index in [1.54, 1.807) is 12.1 Å². The van der Waals surface area contributed by atoms with Crippen molar-refractivity contribution in [1.29, 1.82) is 5.26 Å². The molecule has 1 rings (SSSR count). The van der Waals surface area contributed by atoms with Crippen LogP contribution in [0.5, 0.6) is 0 Å². The standard InChI is InChI=1S/C13H17FN2/c1-4-16(10(2)3)9-12-6-5-11(8-15)7-13(12)14/h5-7,10H,4,9H2,1-3H3. The van der Waals surface area contributed by atoms with Crippen LogP contribution < -0.4 is 0 Å². The van der Waals surface area contributed by atoms with Crippen LogP contribution >= 0.6 is 0 Å². The smallest absolute Gasteiger partial charge is 0.129 e. The molecule has 1 aromatic rings. The highest BCUT2D eigenvalue weighted by Crippen LogP contribution is 2.13. The van der Waals surface area contributed by atoms with Crippen LogP contribution in [0.25, 0.3) is 0 Å². The highest BCUT2D eigenvalue weighted by molar-refractivity contribution is 5.32. The van der Waals surface area contributed by atoms with E-state index in [4.69, 9.17) is 5.26 Å². The van der Waals surface area contributed by atoms with Gasteiger partial charge in [-0.1, -0.05) is 13.0 Å². The van der Waals surface area contributed by atoms with E-state index in [0.29, 0.717) is 23.7 Å². The zero-order valence-corrected chi connectivity index (χ0v) is 10.00. The first-order chi connectivity index (χ1) is 7.58. The molecule has 0 bridgehead atoms. The minimum absolute atomic E-state index is 0.293. The van der Waals surface area contributed by atoms with Gasteiger partial charge in [-0.25, -0.2) is 4.39 Å². The second-order valence-electron chi connectivity index (χ2n) is 4.07. The lowest BCUT2D eigenvalue weighted by atomic mass is 10.1. The molecule has 1 aromatic carbocycles. The molecule has 2 nitrogen and oxygen atoms in total. The molecule has 0 saturated carbocycles. The van der Waals surface area contributed by atoms with Gasteiger partial charge < -0.3 is 0 Å². The Morgan fingerprint density at radius 1 is 1.44 bits per heavy atom. The third-order valence-corrected chi connectivity index (χ3v) is 2.69. The molecule has 3 heteroatoms. The zero-order valence-electron chi connectivity index (χ0n) is 10.00. The molecular formula is C13H17FN2. The van der Waals surface area contributed by atoms with Crippen molar-refractivity contribution >= 4 is 0 Å². The third kappa shape index (κ3) is 3.04. The third-order valence-electron chi connectivity index (χ3n) is 2.69. The summed E-state index contributed by atoms with van der Waals surface area (Å²) >= 11 is 0. The van der Waals surface area contributed by atoms with Gasteiger partial charge in [-0.15, -0.1) is 0 Å². The van der Waals surface area contributed by atoms with Crippen molar-refractivity contribution in [3.05, 3.63) is 35.1 Å². The van der Waals surface area contributed by atoms with E-state index in [1.807, 2.05) is 6.07 Å². The maximum atomic E-state index is 13.6. The average Bonchev–Trinajstić information content (AvgIpc) is 2.26. The van der Waals surface area contributed by atoms with Crippen LogP contribution in [0.15, 0.2) is 18.2 Å². The van der Waals surface area contributed by atoms with Crippen molar-refractivity contribution in [3.8, 4) is 6.07 Å². The molecule has 0 N–H and O–H groups in total. The Balaban J connectivity index is 2.86. The minimum atomic E-state index is -0.293. The summed E-state index contributed by atoms with van der Waals surface area (Å²) in [5.41, 5.74) is 1.02. The first-order valence-corrected chi connectivity index (χ1v) is 5.51. The van der Waals surface area contributed by atoms with Crippen molar-refractivity contribution in [1.82, 2.24) is 4.90 Å². The second-order valence-corrected chi connectivity index (χ2v) is 4.07. The molecule has 0 amide bonds. The molecule has 0 aliphatic carbocycles. The van der Waals surface area contributed by atoms with E-state index >= 15 is 0 Å². The van der Waals surface area contributed by atoms with Crippen molar-refractivity contribution in [3.63, 3.8) is 0 Å². The predicted molar refractivity (Wildman–Crippen MR) is 62.3 cm³/mol. The lowest BCUT2D eigenvalue weighted by Crippen LogP contribution is -2.30. The van der Waals surface area contributed by atoms with Gasteiger partial charge in [-0.3, -0.25) is 4.90 Å². The van der Waals surface area contributed by atoms with Gasteiger partial charge in [0.1, 0.15) is 5.82 Å². The monoisotopic (exact) mass is 220 g/mol. The number of hydrogen-bond donors (Lipinski definition) is 0. The van der Waals surface area contributed by atoms with Gasteiger partial charge in [0.25, 0.3) is 0 Å². The molecule has 16 heavy (non-hydrogen) atoms. The number of nitrogens with zero attached hydrogens (tertiary/aromatic N) is 2. The van der Waals surface area contributed by atoms with Crippen LogP contribution in [0.4, 0.5) is 4.39 Å². The summed E-state index contributed by atoms with van der Waals surface area (Å²) in [6, 6.07) is 6.97. The van der Waals surface area contributed by atoms with Crippen molar-refractivity contribution in [2.45, 2.75) is 33.4 Å². The van der Waals surface area contributed by atoms with Crippen LogP contribution in [0, 0.1) is 17.1 Å². The first-order valence-electron chi connectivity index (χ1n) is 5.51. The Morgan fingerprint density at radius 2 is 2.12 bits per heavy atom. The zero-order chi connectivity index (χ0) is 12.1. The first kappa shape index (κ1) is 12.7. The molecule has 86 valence electrons. The highest BCUT2D eigenvalue weighted by atomic mass is 19.1. The minimum Gasteiger partial charge on any atom is -0.297 e. The summed E-state index contributed by atoms with van der Waals surface area (Å²) in [7, 11) is 0. The van der Waals surface area contributed by atoms with Crippen LogP contribution in [-0.2, 0) is 6.54 Å². The van der Waals surface area contributed by atoms with Gasteiger partial charge in [-0.2, -0.15) is 5.26 Å². The summed E-state index contributed by atoms with van der Waals surface area (Å²) in [5, 5.41) is 8.64. The molecule has 0 aliphatic heterocycles. The molecule has 0 aliphatic rings. The number of benzene rings is 1. The Hall–Kier alpha value is -1.40. The summed E-state index contributed by atoms with van der Waals surface area (Å²) in [5.74, 6) is -0.293. The largest absolute Gasteiger partial charge is 0.297 e. The van der Waals surface area contributed by atoms with Gasteiger partial charge in [0.2, 0.25) is 0 Å². The molecule has 0 atom stereocenters. The molecule has 0 radical (unpaired) electrons. The van der Waals surface area contributed by atoms with Gasteiger partial charge >= 0.3 is 0 Å². The molecule has 0 fully saturated rings. The van der Waals surface area contributed by atoms with Crippen molar-refractivity contribution < 1.29 is 4.39 Å². The van der Waals surface area contributed by atoms with E-state index < -0.39 is 0 Å². The van der Waals surface area contributed by atoms with E-state index in [0.717, 1.165) is 6.54 Å². The Bertz CT molecular complexity index is 393. The lowest BCUT2D eigenvalue weighted by molar-refractivity contribution is 0.222. The van der Waals surface area contributed by atoms with Gasteiger partial charge in [0, 0.05) is 18.2 Å². The van der Waals surface area contributed by atoms with E-state index in [1.165, 1.54) is 6.07 Å². The van der Waals surface area contributed by atoms with E-state index in [2.05, 4.69) is 25.7 Å². The van der Waals surface area contributed by atoms with Crippen LogP contribution in [0.2, 0.25) is 0 Å². The molecule has 0 heterocycles. The Morgan fingerprint density at radius 3 is 2.56 bits per heavy atom. The van der Waals surface area contributed by atoms with E-state index in [-0.39, 0.29) is 5.82 Å². The SMILES string of the molecule is CCN(Cc1ccc(C#N)cc1F)C(C)C. The lowest BCUT2D eigenvalue weighted by Gasteiger charge is -2.24. The molecule has 0 aromatic heterocycles. The van der Waals surface area contributed by atoms with Crippen LogP contribution in [0.1, 0.15) is 31.9 Å². The molecule has 0 spiro atoms. The Kier molecular flexibility index (Phi) is 4.45. The van der Waals surface area contributed by atoms with Crippen molar-refractivity contribution in [2.24, 2.45) is 0 Å².